The SMILES string of the molecule is OC1COc2cc3ncnc(Nc4cccc(Br)c4F)c3cc2O1. The van der Waals surface area contributed by atoms with Gasteiger partial charge in [-0.2, -0.15) is 0 Å². The highest BCUT2D eigenvalue weighted by molar-refractivity contribution is 9.10. The highest BCUT2D eigenvalue weighted by atomic mass is 79.9. The molecule has 0 saturated carbocycles. The molecule has 0 saturated heterocycles. The molecule has 24 heavy (non-hydrogen) atoms. The fourth-order valence-electron chi connectivity index (χ4n) is 2.44. The minimum atomic E-state index is -1.03. The van der Waals surface area contributed by atoms with Crippen LogP contribution in [0.3, 0.4) is 0 Å². The van der Waals surface area contributed by atoms with E-state index in [0.29, 0.717) is 32.7 Å². The smallest absolute Gasteiger partial charge is 0.232 e. The summed E-state index contributed by atoms with van der Waals surface area (Å²) in [5.74, 6) is 0.876. The normalized spacial score (nSPS) is 16.2. The second kappa shape index (κ2) is 5.88. The molecule has 3 aromatic rings. The van der Waals surface area contributed by atoms with Gasteiger partial charge in [0.25, 0.3) is 0 Å². The predicted molar refractivity (Wildman–Crippen MR) is 89.1 cm³/mol. The standard InChI is InChI=1S/C16H11BrFN3O3/c17-9-2-1-3-10(15(9)18)21-16-8-4-13-12(23-6-14(22)24-13)5-11(8)19-7-20-16/h1-5,7,14,22H,6H2,(H,19,20,21). The number of rotatable bonds is 2. The minimum absolute atomic E-state index is 0.0535. The lowest BCUT2D eigenvalue weighted by molar-refractivity contribution is -0.0668. The van der Waals surface area contributed by atoms with E-state index in [9.17, 15) is 9.50 Å². The number of halogens is 2. The largest absolute Gasteiger partial charge is 0.483 e. The zero-order valence-corrected chi connectivity index (χ0v) is 13.7. The van der Waals surface area contributed by atoms with E-state index in [0.717, 1.165) is 0 Å². The molecule has 1 atom stereocenters. The lowest BCUT2D eigenvalue weighted by atomic mass is 10.2. The number of aromatic nitrogens is 2. The van der Waals surface area contributed by atoms with Crippen molar-refractivity contribution in [3.8, 4) is 11.5 Å². The second-order valence-electron chi connectivity index (χ2n) is 5.15. The molecule has 1 unspecified atom stereocenters. The van der Waals surface area contributed by atoms with Crippen molar-refractivity contribution < 1.29 is 19.0 Å². The highest BCUT2D eigenvalue weighted by Gasteiger charge is 2.21. The van der Waals surface area contributed by atoms with Crippen LogP contribution in [0.2, 0.25) is 0 Å². The van der Waals surface area contributed by atoms with Crippen molar-refractivity contribution >= 4 is 38.3 Å². The molecule has 0 amide bonds. The molecule has 6 nitrogen and oxygen atoms in total. The number of nitrogens with zero attached hydrogens (tertiary/aromatic N) is 2. The maximum atomic E-state index is 14.2. The van der Waals surface area contributed by atoms with Gasteiger partial charge in [0.1, 0.15) is 12.1 Å². The van der Waals surface area contributed by atoms with Gasteiger partial charge in [-0.25, -0.2) is 14.4 Å². The minimum Gasteiger partial charge on any atom is -0.483 e. The second-order valence-corrected chi connectivity index (χ2v) is 6.00. The van der Waals surface area contributed by atoms with Crippen molar-refractivity contribution in [2.45, 2.75) is 6.29 Å². The molecule has 0 spiro atoms. The summed E-state index contributed by atoms with van der Waals surface area (Å²) < 4.78 is 25.3. The van der Waals surface area contributed by atoms with E-state index < -0.39 is 12.1 Å². The number of ether oxygens (including phenoxy) is 2. The quantitative estimate of drug-likeness (QED) is 0.697. The molecule has 2 aromatic carbocycles. The molecule has 0 bridgehead atoms. The molecule has 1 aliphatic rings. The summed E-state index contributed by atoms with van der Waals surface area (Å²) in [6, 6.07) is 8.29. The zero-order valence-electron chi connectivity index (χ0n) is 12.2. The Morgan fingerprint density at radius 3 is 3.00 bits per heavy atom. The highest BCUT2D eigenvalue weighted by Crippen LogP contribution is 2.37. The van der Waals surface area contributed by atoms with Gasteiger partial charge in [0.2, 0.25) is 6.29 Å². The Bertz CT molecular complexity index is 938. The summed E-state index contributed by atoms with van der Waals surface area (Å²) in [5, 5.41) is 13.1. The predicted octanol–water partition coefficient (Wildman–Crippen LogP) is 3.36. The summed E-state index contributed by atoms with van der Waals surface area (Å²) in [5.41, 5.74) is 0.890. The van der Waals surface area contributed by atoms with Gasteiger partial charge in [0.05, 0.1) is 15.7 Å². The van der Waals surface area contributed by atoms with E-state index in [1.807, 2.05) is 0 Å². The van der Waals surface area contributed by atoms with E-state index in [1.54, 1.807) is 30.3 Å². The Hall–Kier alpha value is -2.45. The summed E-state index contributed by atoms with van der Waals surface area (Å²) in [6.07, 6.45) is 0.351. The third-order valence-corrected chi connectivity index (χ3v) is 4.16. The maximum absolute atomic E-state index is 14.2. The van der Waals surface area contributed by atoms with Crippen LogP contribution in [0.1, 0.15) is 0 Å². The lowest BCUT2D eigenvalue weighted by Gasteiger charge is -2.23. The summed E-state index contributed by atoms with van der Waals surface area (Å²) in [4.78, 5) is 8.38. The number of anilines is 2. The molecular formula is C16H11BrFN3O3. The van der Waals surface area contributed by atoms with E-state index in [4.69, 9.17) is 9.47 Å². The molecule has 0 fully saturated rings. The fourth-order valence-corrected chi connectivity index (χ4v) is 2.80. The van der Waals surface area contributed by atoms with Gasteiger partial charge in [0.15, 0.2) is 23.9 Å². The summed E-state index contributed by atoms with van der Waals surface area (Å²) in [7, 11) is 0. The van der Waals surface area contributed by atoms with Gasteiger partial charge in [-0.1, -0.05) is 6.07 Å². The number of aliphatic hydroxyl groups excluding tert-OH is 1. The molecule has 1 aromatic heterocycles. The molecule has 0 radical (unpaired) electrons. The lowest BCUT2D eigenvalue weighted by Crippen LogP contribution is -2.28. The first-order valence-corrected chi connectivity index (χ1v) is 7.88. The Kier molecular flexibility index (Phi) is 3.70. The number of hydrogen-bond acceptors (Lipinski definition) is 6. The number of hydrogen-bond donors (Lipinski definition) is 2. The van der Waals surface area contributed by atoms with Crippen molar-refractivity contribution in [2.75, 3.05) is 11.9 Å². The number of nitrogens with one attached hydrogen (secondary N) is 1. The fraction of sp³-hybridized carbons (Fsp3) is 0.125. The number of aliphatic hydroxyl groups is 1. The molecule has 122 valence electrons. The Labute approximate surface area is 144 Å². The van der Waals surface area contributed by atoms with Gasteiger partial charge in [-0.15, -0.1) is 0 Å². The van der Waals surface area contributed by atoms with Crippen molar-refractivity contribution in [1.82, 2.24) is 9.97 Å². The van der Waals surface area contributed by atoms with E-state index in [2.05, 4.69) is 31.2 Å². The molecule has 2 heterocycles. The topological polar surface area (TPSA) is 76.5 Å². The van der Waals surface area contributed by atoms with E-state index in [-0.39, 0.29) is 12.3 Å². The van der Waals surface area contributed by atoms with Gasteiger partial charge in [-0.3, -0.25) is 0 Å². The number of fused-ring (bicyclic) bond motifs is 2. The third kappa shape index (κ3) is 2.63. The van der Waals surface area contributed by atoms with Crippen LogP contribution in [0.5, 0.6) is 11.5 Å². The molecule has 0 aliphatic carbocycles. The van der Waals surface area contributed by atoms with Gasteiger partial charge in [0, 0.05) is 11.5 Å². The van der Waals surface area contributed by atoms with E-state index >= 15 is 0 Å². The molecule has 2 N–H and O–H groups in total. The third-order valence-electron chi connectivity index (χ3n) is 3.55. The Morgan fingerprint density at radius 2 is 2.12 bits per heavy atom. The Morgan fingerprint density at radius 1 is 1.25 bits per heavy atom. The van der Waals surface area contributed by atoms with Crippen LogP contribution in [0.25, 0.3) is 10.9 Å². The first-order valence-electron chi connectivity index (χ1n) is 7.09. The van der Waals surface area contributed by atoms with Crippen molar-refractivity contribution in [1.29, 1.82) is 0 Å². The van der Waals surface area contributed by atoms with Gasteiger partial charge >= 0.3 is 0 Å². The monoisotopic (exact) mass is 391 g/mol. The average Bonchev–Trinajstić information content (AvgIpc) is 2.57. The molecular weight excluding hydrogens is 381 g/mol. The zero-order chi connectivity index (χ0) is 16.7. The number of benzene rings is 2. The van der Waals surface area contributed by atoms with Crippen LogP contribution in [0.15, 0.2) is 41.1 Å². The molecule has 4 rings (SSSR count). The van der Waals surface area contributed by atoms with Crippen LogP contribution < -0.4 is 14.8 Å². The van der Waals surface area contributed by atoms with Crippen molar-refractivity contribution in [2.24, 2.45) is 0 Å². The summed E-state index contributed by atoms with van der Waals surface area (Å²) >= 11 is 3.15. The van der Waals surface area contributed by atoms with Gasteiger partial charge < -0.3 is 19.9 Å². The van der Waals surface area contributed by atoms with Crippen LogP contribution in [-0.4, -0.2) is 28.0 Å². The van der Waals surface area contributed by atoms with Crippen LogP contribution >= 0.6 is 15.9 Å². The summed E-state index contributed by atoms with van der Waals surface area (Å²) in [6.45, 7) is 0.0535. The first-order chi connectivity index (χ1) is 11.6. The molecule has 1 aliphatic heterocycles. The average molecular weight is 392 g/mol. The van der Waals surface area contributed by atoms with E-state index in [1.165, 1.54) is 6.33 Å². The Balaban J connectivity index is 1.81. The maximum Gasteiger partial charge on any atom is 0.232 e. The van der Waals surface area contributed by atoms with Crippen LogP contribution in [0, 0.1) is 5.82 Å². The van der Waals surface area contributed by atoms with Crippen LogP contribution in [0.4, 0.5) is 15.9 Å². The van der Waals surface area contributed by atoms with Crippen molar-refractivity contribution in [3.63, 3.8) is 0 Å². The van der Waals surface area contributed by atoms with Crippen LogP contribution in [-0.2, 0) is 0 Å². The van der Waals surface area contributed by atoms with Gasteiger partial charge in [-0.05, 0) is 34.1 Å². The van der Waals surface area contributed by atoms with Crippen molar-refractivity contribution in [3.05, 3.63) is 46.9 Å². The molecule has 8 heteroatoms. The first kappa shape index (κ1) is 15.1.